The fourth-order valence-electron chi connectivity index (χ4n) is 1.74. The van der Waals surface area contributed by atoms with E-state index in [0.717, 1.165) is 17.8 Å². The summed E-state index contributed by atoms with van der Waals surface area (Å²) in [5.74, 6) is -0.942. The third-order valence-electron chi connectivity index (χ3n) is 2.71. The fourth-order valence-corrected chi connectivity index (χ4v) is 1.74. The Hall–Kier alpha value is -2.27. The van der Waals surface area contributed by atoms with Crippen LogP contribution in [0.15, 0.2) is 48.8 Å². The SMILES string of the molecule is NCC(NC(=O)c1cncc(F)c1)c1ccccc1. The van der Waals surface area contributed by atoms with Gasteiger partial charge in [0.25, 0.3) is 5.91 Å². The van der Waals surface area contributed by atoms with Crippen molar-refractivity contribution in [3.8, 4) is 0 Å². The zero-order chi connectivity index (χ0) is 13.7. The Kier molecular flexibility index (Phi) is 4.20. The van der Waals surface area contributed by atoms with Crippen molar-refractivity contribution in [1.29, 1.82) is 0 Å². The lowest BCUT2D eigenvalue weighted by molar-refractivity contribution is 0.0937. The number of aromatic nitrogens is 1. The van der Waals surface area contributed by atoms with Gasteiger partial charge in [-0.2, -0.15) is 0 Å². The number of hydrogen-bond acceptors (Lipinski definition) is 3. The van der Waals surface area contributed by atoms with Crippen molar-refractivity contribution in [2.24, 2.45) is 5.73 Å². The smallest absolute Gasteiger partial charge is 0.253 e. The van der Waals surface area contributed by atoms with Gasteiger partial charge in [-0.25, -0.2) is 4.39 Å². The molecule has 3 N–H and O–H groups in total. The van der Waals surface area contributed by atoms with Crippen molar-refractivity contribution >= 4 is 5.91 Å². The average Bonchev–Trinajstić information content (AvgIpc) is 2.45. The lowest BCUT2D eigenvalue weighted by Crippen LogP contribution is -2.33. The molecule has 0 aliphatic heterocycles. The number of rotatable bonds is 4. The van der Waals surface area contributed by atoms with E-state index in [1.54, 1.807) is 0 Å². The summed E-state index contributed by atoms with van der Waals surface area (Å²) in [6.45, 7) is 0.262. The van der Waals surface area contributed by atoms with Crippen molar-refractivity contribution in [3.63, 3.8) is 0 Å². The molecule has 0 radical (unpaired) electrons. The summed E-state index contributed by atoms with van der Waals surface area (Å²) in [6.07, 6.45) is 2.37. The van der Waals surface area contributed by atoms with Crippen LogP contribution in [0.3, 0.4) is 0 Å². The van der Waals surface area contributed by atoms with E-state index >= 15 is 0 Å². The Morgan fingerprint density at radius 3 is 2.68 bits per heavy atom. The number of benzene rings is 1. The van der Waals surface area contributed by atoms with E-state index in [2.05, 4.69) is 10.3 Å². The third kappa shape index (κ3) is 3.35. The van der Waals surface area contributed by atoms with Gasteiger partial charge >= 0.3 is 0 Å². The van der Waals surface area contributed by atoms with E-state index in [-0.39, 0.29) is 18.2 Å². The van der Waals surface area contributed by atoms with Crippen LogP contribution in [-0.2, 0) is 0 Å². The Labute approximate surface area is 110 Å². The van der Waals surface area contributed by atoms with Gasteiger partial charge < -0.3 is 11.1 Å². The first kappa shape index (κ1) is 13.2. The summed E-state index contributed by atoms with van der Waals surface area (Å²) in [4.78, 5) is 15.6. The number of halogens is 1. The molecule has 1 aromatic heterocycles. The summed E-state index contributed by atoms with van der Waals surface area (Å²) in [6, 6.07) is 10.2. The van der Waals surface area contributed by atoms with Crippen LogP contribution in [0.2, 0.25) is 0 Å². The van der Waals surface area contributed by atoms with Crippen LogP contribution in [0.5, 0.6) is 0 Å². The Morgan fingerprint density at radius 1 is 1.32 bits per heavy atom. The maximum absolute atomic E-state index is 13.0. The fraction of sp³-hybridized carbons (Fsp3) is 0.143. The standard InChI is InChI=1S/C14H14FN3O/c15-12-6-11(8-17-9-12)14(19)18-13(7-16)10-4-2-1-3-5-10/h1-6,8-9,13H,7,16H2,(H,18,19). The molecule has 0 fully saturated rings. The molecule has 0 saturated carbocycles. The molecule has 0 aliphatic carbocycles. The molecule has 2 rings (SSSR count). The third-order valence-corrected chi connectivity index (χ3v) is 2.71. The van der Waals surface area contributed by atoms with Crippen LogP contribution >= 0.6 is 0 Å². The molecule has 1 atom stereocenters. The van der Waals surface area contributed by atoms with E-state index in [0.29, 0.717) is 0 Å². The molecule has 1 heterocycles. The Balaban J connectivity index is 2.13. The van der Waals surface area contributed by atoms with Crippen molar-refractivity contribution < 1.29 is 9.18 Å². The highest BCUT2D eigenvalue weighted by atomic mass is 19.1. The van der Waals surface area contributed by atoms with Crippen molar-refractivity contribution in [1.82, 2.24) is 10.3 Å². The van der Waals surface area contributed by atoms with Crippen LogP contribution in [0.1, 0.15) is 22.0 Å². The molecule has 4 nitrogen and oxygen atoms in total. The van der Waals surface area contributed by atoms with Crippen molar-refractivity contribution in [2.75, 3.05) is 6.54 Å². The number of nitrogens with one attached hydrogen (secondary N) is 1. The number of carbonyl (C=O) groups is 1. The van der Waals surface area contributed by atoms with Gasteiger partial charge in [0.05, 0.1) is 17.8 Å². The molecule has 0 spiro atoms. The second kappa shape index (κ2) is 6.06. The second-order valence-electron chi connectivity index (χ2n) is 4.06. The maximum Gasteiger partial charge on any atom is 0.253 e. The van der Waals surface area contributed by atoms with Gasteiger partial charge in [-0.1, -0.05) is 30.3 Å². The van der Waals surface area contributed by atoms with E-state index < -0.39 is 11.7 Å². The van der Waals surface area contributed by atoms with Crippen molar-refractivity contribution in [3.05, 3.63) is 65.7 Å². The van der Waals surface area contributed by atoms with Gasteiger partial charge in [0.2, 0.25) is 0 Å². The normalized spacial score (nSPS) is 11.9. The highest BCUT2D eigenvalue weighted by Gasteiger charge is 2.14. The van der Waals surface area contributed by atoms with Crippen LogP contribution in [-0.4, -0.2) is 17.4 Å². The second-order valence-corrected chi connectivity index (χ2v) is 4.06. The number of amides is 1. The van der Waals surface area contributed by atoms with Gasteiger partial charge in [-0.15, -0.1) is 0 Å². The molecule has 5 heteroatoms. The molecular weight excluding hydrogens is 245 g/mol. The number of pyridine rings is 1. The average molecular weight is 259 g/mol. The van der Waals surface area contributed by atoms with Gasteiger partial charge in [-0.3, -0.25) is 9.78 Å². The number of nitrogens with zero attached hydrogens (tertiary/aromatic N) is 1. The van der Waals surface area contributed by atoms with Gasteiger partial charge in [0.15, 0.2) is 0 Å². The summed E-state index contributed by atoms with van der Waals surface area (Å²) < 4.78 is 13.0. The molecule has 2 aromatic rings. The zero-order valence-corrected chi connectivity index (χ0v) is 10.2. The molecule has 98 valence electrons. The molecular formula is C14H14FN3O. The molecule has 1 aromatic carbocycles. The van der Waals surface area contributed by atoms with Crippen LogP contribution < -0.4 is 11.1 Å². The van der Waals surface area contributed by atoms with Crippen LogP contribution in [0.4, 0.5) is 4.39 Å². The van der Waals surface area contributed by atoms with E-state index in [1.165, 1.54) is 6.20 Å². The minimum absolute atomic E-state index is 0.175. The summed E-state index contributed by atoms with van der Waals surface area (Å²) >= 11 is 0. The molecule has 1 unspecified atom stereocenters. The van der Waals surface area contributed by atoms with E-state index in [9.17, 15) is 9.18 Å². The summed E-state index contributed by atoms with van der Waals surface area (Å²) in [5.41, 5.74) is 6.74. The molecule has 0 bridgehead atoms. The molecule has 0 aliphatic rings. The number of carbonyl (C=O) groups excluding carboxylic acids is 1. The first-order valence-corrected chi connectivity index (χ1v) is 5.87. The predicted octanol–water partition coefficient (Wildman–Crippen LogP) is 1.65. The van der Waals surface area contributed by atoms with E-state index in [1.807, 2.05) is 30.3 Å². The first-order chi connectivity index (χ1) is 9.20. The first-order valence-electron chi connectivity index (χ1n) is 5.87. The largest absolute Gasteiger partial charge is 0.344 e. The van der Waals surface area contributed by atoms with Gasteiger partial charge in [0, 0.05) is 12.7 Å². The van der Waals surface area contributed by atoms with Crippen molar-refractivity contribution in [2.45, 2.75) is 6.04 Å². The lowest BCUT2D eigenvalue weighted by atomic mass is 10.1. The zero-order valence-electron chi connectivity index (χ0n) is 10.2. The van der Waals surface area contributed by atoms with E-state index in [4.69, 9.17) is 5.73 Å². The maximum atomic E-state index is 13.0. The van der Waals surface area contributed by atoms with Gasteiger partial charge in [0.1, 0.15) is 5.82 Å². The van der Waals surface area contributed by atoms with Crippen LogP contribution in [0, 0.1) is 5.82 Å². The Morgan fingerprint density at radius 2 is 2.05 bits per heavy atom. The quantitative estimate of drug-likeness (QED) is 0.877. The molecule has 19 heavy (non-hydrogen) atoms. The minimum atomic E-state index is -0.545. The Bertz CT molecular complexity index is 560. The van der Waals surface area contributed by atoms with Crippen LogP contribution in [0.25, 0.3) is 0 Å². The predicted molar refractivity (Wildman–Crippen MR) is 69.9 cm³/mol. The van der Waals surface area contributed by atoms with Gasteiger partial charge in [-0.05, 0) is 11.6 Å². The lowest BCUT2D eigenvalue weighted by Gasteiger charge is -2.17. The molecule has 0 saturated heterocycles. The highest BCUT2D eigenvalue weighted by Crippen LogP contribution is 2.12. The minimum Gasteiger partial charge on any atom is -0.344 e. The highest BCUT2D eigenvalue weighted by molar-refractivity contribution is 5.94. The topological polar surface area (TPSA) is 68.0 Å². The molecule has 1 amide bonds. The monoisotopic (exact) mass is 259 g/mol. The summed E-state index contributed by atoms with van der Waals surface area (Å²) in [7, 11) is 0. The number of hydrogen-bond donors (Lipinski definition) is 2. The summed E-state index contributed by atoms with van der Waals surface area (Å²) in [5, 5.41) is 2.76. The number of nitrogens with two attached hydrogens (primary N) is 1.